The van der Waals surface area contributed by atoms with Gasteiger partial charge < -0.3 is 10.2 Å². The van der Waals surface area contributed by atoms with E-state index in [0.29, 0.717) is 6.54 Å². The van der Waals surface area contributed by atoms with Crippen molar-refractivity contribution in [2.24, 2.45) is 16.8 Å². The SMILES string of the molecule is CCNC(=NCc1ccn[nH]1)N1CC(C)CC(C)C1.I. The summed E-state index contributed by atoms with van der Waals surface area (Å²) in [5, 5.41) is 10.3. The van der Waals surface area contributed by atoms with Crippen molar-refractivity contribution in [1.29, 1.82) is 0 Å². The molecule has 2 rings (SSSR count). The number of hydrogen-bond acceptors (Lipinski definition) is 2. The molecule has 2 N–H and O–H groups in total. The molecule has 2 unspecified atom stereocenters. The first kappa shape index (κ1) is 17.3. The van der Waals surface area contributed by atoms with E-state index in [2.05, 4.69) is 41.2 Å². The summed E-state index contributed by atoms with van der Waals surface area (Å²) in [6.45, 7) is 10.5. The van der Waals surface area contributed by atoms with Gasteiger partial charge in [0.2, 0.25) is 0 Å². The van der Waals surface area contributed by atoms with Gasteiger partial charge in [-0.25, -0.2) is 4.99 Å². The normalized spacial score (nSPS) is 23.4. The Kier molecular flexibility index (Phi) is 7.32. The maximum absolute atomic E-state index is 4.71. The molecule has 114 valence electrons. The molecule has 6 heteroatoms. The largest absolute Gasteiger partial charge is 0.357 e. The molecule has 0 radical (unpaired) electrons. The molecule has 0 aliphatic carbocycles. The first-order valence-electron chi connectivity index (χ1n) is 7.20. The van der Waals surface area contributed by atoms with Gasteiger partial charge in [-0.05, 0) is 31.2 Å². The van der Waals surface area contributed by atoms with Gasteiger partial charge in [-0.1, -0.05) is 13.8 Å². The topological polar surface area (TPSA) is 56.3 Å². The third-order valence-electron chi connectivity index (χ3n) is 3.46. The van der Waals surface area contributed by atoms with Crippen LogP contribution < -0.4 is 5.32 Å². The summed E-state index contributed by atoms with van der Waals surface area (Å²) in [6.07, 6.45) is 3.08. The molecule has 2 atom stereocenters. The second-order valence-electron chi connectivity index (χ2n) is 5.60. The van der Waals surface area contributed by atoms with Crippen molar-refractivity contribution in [2.75, 3.05) is 19.6 Å². The number of guanidine groups is 1. The molecule has 5 nitrogen and oxygen atoms in total. The number of piperidine rings is 1. The Morgan fingerprint density at radius 1 is 1.45 bits per heavy atom. The minimum Gasteiger partial charge on any atom is -0.357 e. The summed E-state index contributed by atoms with van der Waals surface area (Å²) in [4.78, 5) is 7.10. The lowest BCUT2D eigenvalue weighted by Crippen LogP contribution is -2.48. The van der Waals surface area contributed by atoms with E-state index in [0.717, 1.165) is 43.1 Å². The predicted octanol–water partition coefficient (Wildman–Crippen LogP) is 2.47. The summed E-state index contributed by atoms with van der Waals surface area (Å²) in [6, 6.07) is 1.97. The Morgan fingerprint density at radius 3 is 2.70 bits per heavy atom. The molecular formula is C14H26IN5. The second kappa shape index (κ2) is 8.49. The van der Waals surface area contributed by atoms with E-state index in [4.69, 9.17) is 4.99 Å². The zero-order valence-corrected chi connectivity index (χ0v) is 14.9. The minimum absolute atomic E-state index is 0. The summed E-state index contributed by atoms with van der Waals surface area (Å²) in [7, 11) is 0. The molecule has 0 saturated carbocycles. The highest BCUT2D eigenvalue weighted by atomic mass is 127. The molecule has 1 aliphatic rings. The van der Waals surface area contributed by atoms with Crippen LogP contribution in [0, 0.1) is 11.8 Å². The van der Waals surface area contributed by atoms with Crippen LogP contribution in [-0.2, 0) is 6.54 Å². The molecule has 2 heterocycles. The van der Waals surface area contributed by atoms with Crippen molar-refractivity contribution >= 4 is 29.9 Å². The van der Waals surface area contributed by atoms with Crippen molar-refractivity contribution in [3.63, 3.8) is 0 Å². The van der Waals surface area contributed by atoms with Crippen molar-refractivity contribution < 1.29 is 0 Å². The number of aromatic nitrogens is 2. The summed E-state index contributed by atoms with van der Waals surface area (Å²) >= 11 is 0. The first-order chi connectivity index (χ1) is 9.19. The lowest BCUT2D eigenvalue weighted by atomic mass is 9.92. The van der Waals surface area contributed by atoms with Gasteiger partial charge in [-0.15, -0.1) is 24.0 Å². The second-order valence-corrected chi connectivity index (χ2v) is 5.60. The molecule has 20 heavy (non-hydrogen) atoms. The highest BCUT2D eigenvalue weighted by Crippen LogP contribution is 2.20. The fourth-order valence-corrected chi connectivity index (χ4v) is 2.79. The van der Waals surface area contributed by atoms with Crippen LogP contribution in [0.2, 0.25) is 0 Å². The lowest BCUT2D eigenvalue weighted by molar-refractivity contribution is 0.208. The monoisotopic (exact) mass is 391 g/mol. The molecule has 0 aromatic carbocycles. The van der Waals surface area contributed by atoms with E-state index in [1.54, 1.807) is 6.20 Å². The lowest BCUT2D eigenvalue weighted by Gasteiger charge is -2.37. The maximum atomic E-state index is 4.71. The van der Waals surface area contributed by atoms with Crippen molar-refractivity contribution in [1.82, 2.24) is 20.4 Å². The van der Waals surface area contributed by atoms with E-state index >= 15 is 0 Å². The number of rotatable bonds is 3. The average molecular weight is 391 g/mol. The van der Waals surface area contributed by atoms with E-state index in [-0.39, 0.29) is 24.0 Å². The summed E-state index contributed by atoms with van der Waals surface area (Å²) < 4.78 is 0. The van der Waals surface area contributed by atoms with Gasteiger partial charge in [0, 0.05) is 25.8 Å². The van der Waals surface area contributed by atoms with Crippen LogP contribution in [0.1, 0.15) is 32.9 Å². The van der Waals surface area contributed by atoms with E-state index in [9.17, 15) is 0 Å². The smallest absolute Gasteiger partial charge is 0.194 e. The summed E-state index contributed by atoms with van der Waals surface area (Å²) in [5.41, 5.74) is 1.05. The Morgan fingerprint density at radius 2 is 2.15 bits per heavy atom. The van der Waals surface area contributed by atoms with Crippen LogP contribution >= 0.6 is 24.0 Å². The predicted molar refractivity (Wildman–Crippen MR) is 93.3 cm³/mol. The number of halogens is 1. The first-order valence-corrected chi connectivity index (χ1v) is 7.20. The third kappa shape index (κ3) is 4.96. The number of nitrogens with one attached hydrogen (secondary N) is 2. The van der Waals surface area contributed by atoms with Crippen molar-refractivity contribution in [2.45, 2.75) is 33.7 Å². The zero-order valence-electron chi connectivity index (χ0n) is 12.6. The van der Waals surface area contributed by atoms with Gasteiger partial charge in [0.25, 0.3) is 0 Å². The molecule has 0 amide bonds. The minimum atomic E-state index is 0. The number of aromatic amines is 1. The van der Waals surface area contributed by atoms with E-state index in [1.165, 1.54) is 6.42 Å². The van der Waals surface area contributed by atoms with Gasteiger partial charge in [-0.2, -0.15) is 5.10 Å². The van der Waals surface area contributed by atoms with Gasteiger partial charge in [-0.3, -0.25) is 5.10 Å². The van der Waals surface area contributed by atoms with Gasteiger partial charge in [0.1, 0.15) is 0 Å². The van der Waals surface area contributed by atoms with Gasteiger partial charge in [0.05, 0.1) is 12.2 Å². The number of H-pyrrole nitrogens is 1. The van der Waals surface area contributed by atoms with Crippen LogP contribution in [0.25, 0.3) is 0 Å². The molecule has 0 spiro atoms. The maximum Gasteiger partial charge on any atom is 0.194 e. The summed E-state index contributed by atoms with van der Waals surface area (Å²) in [5.74, 6) is 2.50. The van der Waals surface area contributed by atoms with Crippen LogP contribution in [0.5, 0.6) is 0 Å². The molecule has 1 fully saturated rings. The molecule has 0 bridgehead atoms. The molecule has 1 aromatic heterocycles. The standard InChI is InChI=1S/C14H25N5.HI/c1-4-15-14(16-8-13-5-6-17-18-13)19-9-11(2)7-12(3)10-19;/h5-6,11-12H,4,7-10H2,1-3H3,(H,15,16)(H,17,18);1H. The third-order valence-corrected chi connectivity index (χ3v) is 3.46. The number of aliphatic imine (C=N–C) groups is 1. The fraction of sp³-hybridized carbons (Fsp3) is 0.714. The van der Waals surface area contributed by atoms with Crippen LogP contribution in [0.15, 0.2) is 17.3 Å². The van der Waals surface area contributed by atoms with Crippen LogP contribution in [0.3, 0.4) is 0 Å². The average Bonchev–Trinajstić information content (AvgIpc) is 2.86. The number of nitrogens with zero attached hydrogens (tertiary/aromatic N) is 3. The van der Waals surface area contributed by atoms with Gasteiger partial charge in [0.15, 0.2) is 5.96 Å². The highest BCUT2D eigenvalue weighted by molar-refractivity contribution is 14.0. The Balaban J connectivity index is 0.00000200. The van der Waals surface area contributed by atoms with E-state index in [1.807, 2.05) is 6.07 Å². The number of likely N-dealkylation sites (tertiary alicyclic amines) is 1. The molecule has 1 aliphatic heterocycles. The zero-order chi connectivity index (χ0) is 13.7. The molecular weight excluding hydrogens is 365 g/mol. The highest BCUT2D eigenvalue weighted by Gasteiger charge is 2.23. The Hall–Kier alpha value is -0.790. The number of hydrogen-bond donors (Lipinski definition) is 2. The Labute approximate surface area is 138 Å². The van der Waals surface area contributed by atoms with Crippen LogP contribution in [0.4, 0.5) is 0 Å². The van der Waals surface area contributed by atoms with Crippen molar-refractivity contribution in [3.05, 3.63) is 18.0 Å². The van der Waals surface area contributed by atoms with Crippen molar-refractivity contribution in [3.8, 4) is 0 Å². The molecule has 1 aromatic rings. The van der Waals surface area contributed by atoms with E-state index < -0.39 is 0 Å². The van der Waals surface area contributed by atoms with Gasteiger partial charge >= 0.3 is 0 Å². The quantitative estimate of drug-likeness (QED) is 0.473. The van der Waals surface area contributed by atoms with Crippen LogP contribution in [-0.4, -0.2) is 40.7 Å². The Bertz CT molecular complexity index is 394. The molecule has 1 saturated heterocycles. The fourth-order valence-electron chi connectivity index (χ4n) is 2.79.